The number of carbonyl (C=O) groups is 1. The molecule has 3 N–H and O–H groups in total. The number of ketones is 1. The maximum absolute atomic E-state index is 11.0. The van der Waals surface area contributed by atoms with Crippen molar-refractivity contribution in [2.24, 2.45) is 5.92 Å². The minimum absolute atomic E-state index is 0.307. The van der Waals surface area contributed by atoms with Crippen molar-refractivity contribution in [2.45, 2.75) is 39.5 Å². The molecule has 0 aromatic rings. The highest BCUT2D eigenvalue weighted by atomic mass is 16.1. The van der Waals surface area contributed by atoms with Gasteiger partial charge in [0.15, 0.2) is 0 Å². The Bertz CT molecular complexity index is 112. The molecule has 0 heterocycles. The molecule has 1 atom stereocenters. The van der Waals surface area contributed by atoms with E-state index in [4.69, 9.17) is 0 Å². The largest absolute Gasteiger partial charge is 0.358 e. The highest BCUT2D eigenvalue weighted by Crippen LogP contribution is 2.12. The van der Waals surface area contributed by atoms with Gasteiger partial charge in [0.2, 0.25) is 0 Å². The lowest BCUT2D eigenvalue weighted by Crippen LogP contribution is -2.50. The molecule has 0 saturated heterocycles. The van der Waals surface area contributed by atoms with Crippen LogP contribution in [0.15, 0.2) is 0 Å². The van der Waals surface area contributed by atoms with Crippen LogP contribution in [0.25, 0.3) is 0 Å². The van der Waals surface area contributed by atoms with Crippen LogP contribution in [0.5, 0.6) is 0 Å². The van der Waals surface area contributed by atoms with Crippen LogP contribution in [0.3, 0.4) is 0 Å². The summed E-state index contributed by atoms with van der Waals surface area (Å²) in [4.78, 5) is 11.0. The first-order valence-corrected chi connectivity index (χ1v) is 4.52. The Labute approximate surface area is 69.2 Å². The van der Waals surface area contributed by atoms with Crippen LogP contribution in [0.4, 0.5) is 0 Å². The molecule has 0 aliphatic carbocycles. The minimum atomic E-state index is 0.307. The predicted octanol–water partition coefficient (Wildman–Crippen LogP) is 1.01. The molecule has 0 bridgehead atoms. The minimum Gasteiger partial charge on any atom is -0.358 e. The summed E-state index contributed by atoms with van der Waals surface area (Å²) in [6, 6.07) is 0. The maximum Gasteiger partial charge on any atom is 0.132 e. The zero-order valence-corrected chi connectivity index (χ0v) is 7.73. The van der Waals surface area contributed by atoms with Crippen molar-refractivity contribution in [3.8, 4) is 0 Å². The van der Waals surface area contributed by atoms with E-state index in [1.807, 2.05) is 0 Å². The van der Waals surface area contributed by atoms with Gasteiger partial charge in [0.25, 0.3) is 0 Å². The molecular weight excluding hydrogens is 138 g/mol. The van der Waals surface area contributed by atoms with Gasteiger partial charge in [0.1, 0.15) is 5.78 Å². The van der Waals surface area contributed by atoms with Gasteiger partial charge in [-0.25, -0.2) is 0 Å². The molecule has 66 valence electrons. The van der Waals surface area contributed by atoms with E-state index in [0.717, 1.165) is 32.2 Å². The fraction of sp³-hybridized carbons (Fsp3) is 0.889. The first kappa shape index (κ1) is 10.6. The summed E-state index contributed by atoms with van der Waals surface area (Å²) >= 11 is 0. The lowest BCUT2D eigenvalue weighted by atomic mass is 9.96. The van der Waals surface area contributed by atoms with Crippen molar-refractivity contribution in [2.75, 3.05) is 6.54 Å². The molecule has 0 aliphatic heterocycles. The number of carbonyl (C=O) groups excluding carboxylic acids is 1. The predicted molar refractivity (Wildman–Crippen MR) is 46.1 cm³/mol. The van der Waals surface area contributed by atoms with E-state index in [9.17, 15) is 4.79 Å². The quantitative estimate of drug-likeness (QED) is 0.576. The number of hydrogen-bond donors (Lipinski definition) is 1. The van der Waals surface area contributed by atoms with E-state index in [1.165, 1.54) is 0 Å². The van der Waals surface area contributed by atoms with Gasteiger partial charge in [0.05, 0.1) is 6.54 Å². The van der Waals surface area contributed by atoms with Crippen LogP contribution in [0.1, 0.15) is 39.5 Å². The monoisotopic (exact) mass is 158 g/mol. The third-order valence-corrected chi connectivity index (χ3v) is 2.12. The fourth-order valence-corrected chi connectivity index (χ4v) is 1.26. The van der Waals surface area contributed by atoms with Crippen molar-refractivity contribution in [1.82, 2.24) is 0 Å². The molecule has 0 amide bonds. The maximum atomic E-state index is 11.0. The molecule has 0 aromatic heterocycles. The number of rotatable bonds is 6. The highest BCUT2D eigenvalue weighted by Gasteiger charge is 2.10. The lowest BCUT2D eigenvalue weighted by Gasteiger charge is -2.08. The molecule has 2 heteroatoms. The molecule has 2 nitrogen and oxygen atoms in total. The van der Waals surface area contributed by atoms with Crippen molar-refractivity contribution in [3.63, 3.8) is 0 Å². The summed E-state index contributed by atoms with van der Waals surface area (Å²) in [5.74, 6) is 0.651. The first-order chi connectivity index (χ1) is 5.22. The number of hydrogen-bond acceptors (Lipinski definition) is 1. The van der Waals surface area contributed by atoms with Crippen LogP contribution in [-0.4, -0.2) is 12.3 Å². The SMILES string of the molecule is CCC(CCCC[NH3+])C(C)=O. The van der Waals surface area contributed by atoms with Crippen LogP contribution in [-0.2, 0) is 4.79 Å². The van der Waals surface area contributed by atoms with Crippen molar-refractivity contribution < 1.29 is 10.5 Å². The van der Waals surface area contributed by atoms with Gasteiger partial charge in [-0.15, -0.1) is 0 Å². The highest BCUT2D eigenvalue weighted by molar-refractivity contribution is 5.78. The second kappa shape index (κ2) is 6.35. The van der Waals surface area contributed by atoms with Gasteiger partial charge < -0.3 is 5.73 Å². The van der Waals surface area contributed by atoms with Crippen LogP contribution in [0.2, 0.25) is 0 Å². The van der Waals surface area contributed by atoms with E-state index >= 15 is 0 Å². The van der Waals surface area contributed by atoms with Gasteiger partial charge in [-0.3, -0.25) is 4.79 Å². The Morgan fingerprint density at radius 1 is 1.45 bits per heavy atom. The summed E-state index contributed by atoms with van der Waals surface area (Å²) < 4.78 is 0. The van der Waals surface area contributed by atoms with Crippen LogP contribution in [0, 0.1) is 5.92 Å². The Morgan fingerprint density at radius 3 is 2.45 bits per heavy atom. The average Bonchev–Trinajstić information content (AvgIpc) is 1.97. The summed E-state index contributed by atoms with van der Waals surface area (Å²) in [7, 11) is 0. The summed E-state index contributed by atoms with van der Waals surface area (Å²) in [6.07, 6.45) is 4.36. The van der Waals surface area contributed by atoms with Gasteiger partial charge in [-0.05, 0) is 32.6 Å². The van der Waals surface area contributed by atoms with Crippen molar-refractivity contribution in [1.29, 1.82) is 0 Å². The zero-order chi connectivity index (χ0) is 8.69. The van der Waals surface area contributed by atoms with E-state index < -0.39 is 0 Å². The molecule has 0 aromatic carbocycles. The third kappa shape index (κ3) is 4.96. The second-order valence-corrected chi connectivity index (χ2v) is 3.07. The molecule has 0 radical (unpaired) electrons. The molecule has 11 heavy (non-hydrogen) atoms. The van der Waals surface area contributed by atoms with E-state index in [2.05, 4.69) is 12.7 Å². The fourth-order valence-electron chi connectivity index (χ4n) is 1.26. The molecule has 0 rings (SSSR count). The zero-order valence-electron chi connectivity index (χ0n) is 7.73. The third-order valence-electron chi connectivity index (χ3n) is 2.12. The Kier molecular flexibility index (Phi) is 6.13. The van der Waals surface area contributed by atoms with E-state index in [1.54, 1.807) is 6.92 Å². The van der Waals surface area contributed by atoms with Gasteiger partial charge in [-0.1, -0.05) is 6.92 Å². The van der Waals surface area contributed by atoms with Crippen LogP contribution >= 0.6 is 0 Å². The molecular formula is C9H20NO+. The van der Waals surface area contributed by atoms with Gasteiger partial charge in [0, 0.05) is 5.92 Å². The van der Waals surface area contributed by atoms with Crippen LogP contribution < -0.4 is 5.73 Å². The first-order valence-electron chi connectivity index (χ1n) is 4.52. The number of quaternary nitrogens is 1. The van der Waals surface area contributed by atoms with E-state index in [0.29, 0.717) is 11.7 Å². The Balaban J connectivity index is 3.44. The molecule has 0 aliphatic rings. The molecule has 0 saturated carbocycles. The lowest BCUT2D eigenvalue weighted by molar-refractivity contribution is -0.368. The van der Waals surface area contributed by atoms with Gasteiger partial charge in [-0.2, -0.15) is 0 Å². The second-order valence-electron chi connectivity index (χ2n) is 3.07. The smallest absolute Gasteiger partial charge is 0.132 e. The topological polar surface area (TPSA) is 44.7 Å². The average molecular weight is 158 g/mol. The molecule has 1 unspecified atom stereocenters. The van der Waals surface area contributed by atoms with Crippen molar-refractivity contribution >= 4 is 5.78 Å². The number of Topliss-reactive ketones (excluding diaryl/α,β-unsaturated/α-hetero) is 1. The summed E-state index contributed by atoms with van der Waals surface area (Å²) in [5.41, 5.74) is 3.77. The standard InChI is InChI=1S/C9H19NO/c1-3-9(8(2)11)6-4-5-7-10/h9H,3-7,10H2,1-2H3/p+1. The Hall–Kier alpha value is -0.370. The Morgan fingerprint density at radius 2 is 2.09 bits per heavy atom. The van der Waals surface area contributed by atoms with E-state index in [-0.39, 0.29) is 0 Å². The molecule has 0 fully saturated rings. The number of unbranched alkanes of at least 4 members (excludes halogenated alkanes) is 1. The molecule has 0 spiro atoms. The van der Waals surface area contributed by atoms with Gasteiger partial charge >= 0.3 is 0 Å². The summed E-state index contributed by atoms with van der Waals surface area (Å²) in [6.45, 7) is 4.77. The van der Waals surface area contributed by atoms with Crippen molar-refractivity contribution in [3.05, 3.63) is 0 Å². The summed E-state index contributed by atoms with van der Waals surface area (Å²) in [5, 5.41) is 0. The normalized spacial score (nSPS) is 13.0.